The minimum atomic E-state index is -0.880. The smallest absolute Gasteiger partial charge is 0.307 e. The summed E-state index contributed by atoms with van der Waals surface area (Å²) >= 11 is 1.66. The molecule has 13 heavy (non-hydrogen) atoms. The first kappa shape index (κ1) is 10.8. The van der Waals surface area contributed by atoms with Gasteiger partial charge >= 0.3 is 5.97 Å². The number of carbonyl (C=O) groups is 1. The first-order chi connectivity index (χ1) is 6.11. The maximum absolute atomic E-state index is 12.7. The van der Waals surface area contributed by atoms with Crippen LogP contribution in [0.2, 0.25) is 0 Å². The molecule has 0 radical (unpaired) electrons. The van der Waals surface area contributed by atoms with Crippen LogP contribution < -0.4 is 0 Å². The molecule has 1 fully saturated rings. The van der Waals surface area contributed by atoms with E-state index in [1.165, 1.54) is 6.92 Å². The fraction of sp³-hybridized carbons (Fsp3) is 0.889. The Kier molecular flexibility index (Phi) is 4.03. The van der Waals surface area contributed by atoms with Crippen LogP contribution in [0.4, 0.5) is 4.39 Å². The normalized spacial score (nSPS) is 31.2. The van der Waals surface area contributed by atoms with Gasteiger partial charge in [-0.25, -0.2) is 4.39 Å². The second-order valence-electron chi connectivity index (χ2n) is 3.58. The Hall–Kier alpha value is -0.250. The molecule has 1 aliphatic heterocycles. The van der Waals surface area contributed by atoms with Gasteiger partial charge in [0.15, 0.2) is 0 Å². The number of hydrogen-bond donors (Lipinski definition) is 1. The molecule has 1 aliphatic rings. The zero-order valence-corrected chi connectivity index (χ0v) is 8.52. The molecule has 4 heteroatoms. The number of rotatable bonds is 3. The highest BCUT2D eigenvalue weighted by molar-refractivity contribution is 7.99. The molecule has 0 bridgehead atoms. The van der Waals surface area contributed by atoms with E-state index in [1.807, 2.05) is 0 Å². The van der Waals surface area contributed by atoms with Crippen LogP contribution in [0.15, 0.2) is 0 Å². The molecular formula is C9H15FO2S. The highest BCUT2D eigenvalue weighted by Gasteiger charge is 2.31. The van der Waals surface area contributed by atoms with Gasteiger partial charge in [-0.2, -0.15) is 11.8 Å². The SMILES string of the molecule is CC(F)CC1CCSCC1C(=O)O. The summed E-state index contributed by atoms with van der Waals surface area (Å²) in [6.07, 6.45) is 0.364. The van der Waals surface area contributed by atoms with Crippen molar-refractivity contribution in [2.45, 2.75) is 25.9 Å². The largest absolute Gasteiger partial charge is 0.481 e. The standard InChI is InChI=1S/C9H15FO2S/c1-6(10)4-7-2-3-13-5-8(7)9(11)12/h6-8H,2-5H2,1H3,(H,11,12). The number of halogens is 1. The summed E-state index contributed by atoms with van der Waals surface area (Å²) in [6.45, 7) is 1.50. The van der Waals surface area contributed by atoms with Crippen molar-refractivity contribution in [3.8, 4) is 0 Å². The van der Waals surface area contributed by atoms with Crippen molar-refractivity contribution in [1.29, 1.82) is 0 Å². The maximum Gasteiger partial charge on any atom is 0.307 e. The molecule has 1 saturated heterocycles. The molecule has 0 aromatic heterocycles. The van der Waals surface area contributed by atoms with E-state index in [9.17, 15) is 9.18 Å². The predicted molar refractivity (Wildman–Crippen MR) is 51.7 cm³/mol. The average molecular weight is 206 g/mol. The highest BCUT2D eigenvalue weighted by atomic mass is 32.2. The minimum Gasteiger partial charge on any atom is -0.481 e. The highest BCUT2D eigenvalue weighted by Crippen LogP contribution is 2.32. The molecule has 0 saturated carbocycles. The molecule has 0 aliphatic carbocycles. The zero-order chi connectivity index (χ0) is 9.84. The van der Waals surface area contributed by atoms with E-state index in [1.54, 1.807) is 11.8 Å². The lowest BCUT2D eigenvalue weighted by molar-refractivity contribution is -0.143. The van der Waals surface area contributed by atoms with Crippen LogP contribution in [0, 0.1) is 11.8 Å². The molecule has 2 nitrogen and oxygen atoms in total. The second kappa shape index (κ2) is 4.84. The van der Waals surface area contributed by atoms with Gasteiger partial charge in [0.2, 0.25) is 0 Å². The van der Waals surface area contributed by atoms with Crippen LogP contribution in [0.3, 0.4) is 0 Å². The number of thioether (sulfide) groups is 1. The summed E-state index contributed by atoms with van der Waals surface area (Å²) in [5.74, 6) is 0.557. The maximum atomic E-state index is 12.7. The molecule has 0 aromatic carbocycles. The van der Waals surface area contributed by atoms with Gasteiger partial charge in [0.25, 0.3) is 0 Å². The number of carboxylic acid groups (broad SMARTS) is 1. The number of carboxylic acids is 1. The van der Waals surface area contributed by atoms with E-state index in [2.05, 4.69) is 0 Å². The lowest BCUT2D eigenvalue weighted by Gasteiger charge is -2.28. The van der Waals surface area contributed by atoms with E-state index < -0.39 is 12.1 Å². The van der Waals surface area contributed by atoms with Crippen molar-refractivity contribution in [2.24, 2.45) is 11.8 Å². The second-order valence-corrected chi connectivity index (χ2v) is 4.73. The molecule has 1 rings (SSSR count). The van der Waals surface area contributed by atoms with Crippen molar-refractivity contribution in [3.05, 3.63) is 0 Å². The van der Waals surface area contributed by atoms with Gasteiger partial charge in [-0.05, 0) is 31.4 Å². The lowest BCUT2D eigenvalue weighted by Crippen LogP contribution is -2.31. The van der Waals surface area contributed by atoms with Crippen LogP contribution >= 0.6 is 11.8 Å². The topological polar surface area (TPSA) is 37.3 Å². The monoisotopic (exact) mass is 206 g/mol. The summed E-state index contributed by atoms with van der Waals surface area (Å²) in [5.41, 5.74) is 0. The van der Waals surface area contributed by atoms with Gasteiger partial charge in [0.05, 0.1) is 12.1 Å². The van der Waals surface area contributed by atoms with E-state index in [0.717, 1.165) is 12.2 Å². The van der Waals surface area contributed by atoms with Crippen molar-refractivity contribution in [1.82, 2.24) is 0 Å². The summed E-state index contributed by atoms with van der Waals surface area (Å²) in [5, 5.41) is 8.89. The first-order valence-electron chi connectivity index (χ1n) is 4.56. The van der Waals surface area contributed by atoms with Crippen LogP contribution in [-0.2, 0) is 4.79 Å². The molecule has 1 heterocycles. The number of alkyl halides is 1. The van der Waals surface area contributed by atoms with E-state index in [0.29, 0.717) is 12.2 Å². The van der Waals surface area contributed by atoms with E-state index in [-0.39, 0.29) is 11.8 Å². The molecule has 0 amide bonds. The Morgan fingerprint density at radius 1 is 1.77 bits per heavy atom. The van der Waals surface area contributed by atoms with Crippen molar-refractivity contribution < 1.29 is 14.3 Å². The van der Waals surface area contributed by atoms with Crippen molar-refractivity contribution in [3.63, 3.8) is 0 Å². The van der Waals surface area contributed by atoms with Crippen LogP contribution in [0.5, 0.6) is 0 Å². The Labute approximate surface area is 81.9 Å². The summed E-state index contributed by atoms with van der Waals surface area (Å²) < 4.78 is 12.7. The predicted octanol–water partition coefficient (Wildman–Crippen LogP) is 2.19. The Morgan fingerprint density at radius 3 is 3.00 bits per heavy atom. The zero-order valence-electron chi connectivity index (χ0n) is 7.70. The van der Waals surface area contributed by atoms with Gasteiger partial charge in [-0.3, -0.25) is 4.79 Å². The Bertz CT molecular complexity index is 184. The average Bonchev–Trinajstić information content (AvgIpc) is 2.03. The molecule has 3 atom stereocenters. The molecule has 3 unspecified atom stereocenters. The van der Waals surface area contributed by atoms with Gasteiger partial charge in [0, 0.05) is 5.75 Å². The van der Waals surface area contributed by atoms with Crippen molar-refractivity contribution in [2.75, 3.05) is 11.5 Å². The van der Waals surface area contributed by atoms with Crippen LogP contribution in [0.1, 0.15) is 19.8 Å². The van der Waals surface area contributed by atoms with Crippen LogP contribution in [0.25, 0.3) is 0 Å². The molecule has 0 aromatic rings. The van der Waals surface area contributed by atoms with Gasteiger partial charge in [0.1, 0.15) is 0 Å². The van der Waals surface area contributed by atoms with Gasteiger partial charge in [-0.15, -0.1) is 0 Å². The Balaban J connectivity index is 2.51. The summed E-state index contributed by atoms with van der Waals surface area (Å²) in [7, 11) is 0. The molecular weight excluding hydrogens is 191 g/mol. The number of hydrogen-bond acceptors (Lipinski definition) is 2. The fourth-order valence-electron chi connectivity index (χ4n) is 1.75. The quantitative estimate of drug-likeness (QED) is 0.769. The lowest BCUT2D eigenvalue weighted by atomic mass is 9.87. The summed E-state index contributed by atoms with van der Waals surface area (Å²) in [4.78, 5) is 10.8. The molecule has 1 N–H and O–H groups in total. The minimum absolute atomic E-state index is 0.0405. The van der Waals surface area contributed by atoms with Gasteiger partial charge in [-0.1, -0.05) is 0 Å². The van der Waals surface area contributed by atoms with Crippen LogP contribution in [-0.4, -0.2) is 28.8 Å². The fourth-order valence-corrected chi connectivity index (χ4v) is 3.06. The third kappa shape index (κ3) is 3.18. The third-order valence-electron chi connectivity index (χ3n) is 2.44. The van der Waals surface area contributed by atoms with E-state index >= 15 is 0 Å². The van der Waals surface area contributed by atoms with E-state index in [4.69, 9.17) is 5.11 Å². The van der Waals surface area contributed by atoms with Crippen molar-refractivity contribution >= 4 is 17.7 Å². The molecule has 0 spiro atoms. The first-order valence-corrected chi connectivity index (χ1v) is 5.71. The Morgan fingerprint density at radius 2 is 2.46 bits per heavy atom. The molecule has 76 valence electrons. The third-order valence-corrected chi connectivity index (χ3v) is 3.56. The van der Waals surface area contributed by atoms with Gasteiger partial charge < -0.3 is 5.11 Å². The summed E-state index contributed by atoms with van der Waals surface area (Å²) in [6, 6.07) is 0. The number of aliphatic carboxylic acids is 1.